The fourth-order valence-corrected chi connectivity index (χ4v) is 3.24. The fourth-order valence-electron chi connectivity index (χ4n) is 2.51. The molecule has 1 fully saturated rings. The molecule has 0 amide bonds. The van der Waals surface area contributed by atoms with E-state index in [4.69, 9.17) is 0 Å². The normalized spacial score (nSPS) is 21.6. The van der Waals surface area contributed by atoms with E-state index in [9.17, 15) is 0 Å². The van der Waals surface area contributed by atoms with E-state index in [-0.39, 0.29) is 0 Å². The first kappa shape index (κ1) is 13.1. The zero-order valence-corrected chi connectivity index (χ0v) is 12.0. The van der Waals surface area contributed by atoms with Gasteiger partial charge in [0.1, 0.15) is 0 Å². The minimum Gasteiger partial charge on any atom is -0.302 e. The minimum absolute atomic E-state index is 0.727. The van der Waals surface area contributed by atoms with Crippen molar-refractivity contribution in [1.82, 2.24) is 4.90 Å². The summed E-state index contributed by atoms with van der Waals surface area (Å²) in [6.07, 6.45) is 6.57. The summed E-state index contributed by atoms with van der Waals surface area (Å²) >= 11 is 3.73. The van der Waals surface area contributed by atoms with Crippen molar-refractivity contribution >= 4 is 15.9 Å². The molecule has 1 aromatic rings. The van der Waals surface area contributed by atoms with Crippen LogP contribution in [0.3, 0.4) is 0 Å². The van der Waals surface area contributed by atoms with Gasteiger partial charge >= 0.3 is 0 Å². The van der Waals surface area contributed by atoms with Gasteiger partial charge in [-0.1, -0.05) is 46.3 Å². The van der Waals surface area contributed by atoms with Crippen LogP contribution in [0.15, 0.2) is 30.3 Å². The molecular weight excluding hydrogens is 274 g/mol. The van der Waals surface area contributed by atoms with E-state index in [0.29, 0.717) is 0 Å². The van der Waals surface area contributed by atoms with E-state index >= 15 is 0 Å². The van der Waals surface area contributed by atoms with Crippen LogP contribution < -0.4 is 0 Å². The number of alkyl halides is 1. The third-order valence-electron chi connectivity index (χ3n) is 3.48. The van der Waals surface area contributed by atoms with Gasteiger partial charge in [-0.25, -0.2) is 0 Å². The molecule has 1 unspecified atom stereocenters. The largest absolute Gasteiger partial charge is 0.302 e. The van der Waals surface area contributed by atoms with Gasteiger partial charge in [-0.05, 0) is 50.8 Å². The second-order valence-corrected chi connectivity index (χ2v) is 6.28. The van der Waals surface area contributed by atoms with E-state index in [1.807, 2.05) is 0 Å². The van der Waals surface area contributed by atoms with Crippen LogP contribution in [0.2, 0.25) is 0 Å². The summed E-state index contributed by atoms with van der Waals surface area (Å²) < 4.78 is 0. The van der Waals surface area contributed by atoms with Gasteiger partial charge in [0.15, 0.2) is 0 Å². The summed E-state index contributed by atoms with van der Waals surface area (Å²) in [6.45, 7) is 3.81. The SMILES string of the molecule is BrC1CCCN(CCCCc2ccccc2)C1. The predicted molar refractivity (Wildman–Crippen MR) is 77.8 cm³/mol. The van der Waals surface area contributed by atoms with Crippen molar-refractivity contribution < 1.29 is 0 Å². The Morgan fingerprint density at radius 1 is 1.18 bits per heavy atom. The molecule has 0 bridgehead atoms. The Morgan fingerprint density at radius 3 is 2.76 bits per heavy atom. The van der Waals surface area contributed by atoms with Crippen molar-refractivity contribution in [3.63, 3.8) is 0 Å². The molecular formula is C15H22BrN. The summed E-state index contributed by atoms with van der Waals surface area (Å²) in [6, 6.07) is 10.8. The molecule has 0 saturated carbocycles. The lowest BCUT2D eigenvalue weighted by molar-refractivity contribution is 0.231. The Balaban J connectivity index is 1.60. The molecule has 1 aromatic carbocycles. The third-order valence-corrected chi connectivity index (χ3v) is 4.23. The number of rotatable bonds is 5. The van der Waals surface area contributed by atoms with Gasteiger partial charge in [-0.2, -0.15) is 0 Å². The van der Waals surface area contributed by atoms with Crippen molar-refractivity contribution in [2.75, 3.05) is 19.6 Å². The average molecular weight is 296 g/mol. The highest BCUT2D eigenvalue weighted by molar-refractivity contribution is 9.09. The molecule has 0 N–H and O–H groups in total. The lowest BCUT2D eigenvalue weighted by atomic mass is 10.1. The maximum absolute atomic E-state index is 3.73. The molecule has 94 valence electrons. The minimum atomic E-state index is 0.727. The van der Waals surface area contributed by atoms with Crippen LogP contribution in [-0.2, 0) is 6.42 Å². The molecule has 1 atom stereocenters. The standard InChI is InChI=1S/C15H22BrN/c16-15-10-6-12-17(13-15)11-5-4-9-14-7-2-1-3-8-14/h1-3,7-8,15H,4-6,9-13H2. The molecule has 0 spiro atoms. The lowest BCUT2D eigenvalue weighted by Crippen LogP contribution is -2.36. The van der Waals surface area contributed by atoms with Gasteiger partial charge < -0.3 is 4.90 Å². The molecule has 0 aromatic heterocycles. The number of unbranched alkanes of at least 4 members (excludes halogenated alkanes) is 1. The smallest absolute Gasteiger partial charge is 0.0273 e. The second kappa shape index (κ2) is 7.17. The first-order valence-corrected chi connectivity index (χ1v) is 7.66. The number of hydrogen-bond donors (Lipinski definition) is 0. The molecule has 0 aliphatic carbocycles. The van der Waals surface area contributed by atoms with E-state index in [2.05, 4.69) is 51.2 Å². The number of nitrogens with zero attached hydrogens (tertiary/aromatic N) is 1. The third kappa shape index (κ3) is 4.81. The van der Waals surface area contributed by atoms with E-state index in [0.717, 1.165) is 4.83 Å². The molecule has 1 heterocycles. The van der Waals surface area contributed by atoms with Gasteiger partial charge in [0, 0.05) is 11.4 Å². The molecule has 1 aliphatic heterocycles. The Morgan fingerprint density at radius 2 is 2.00 bits per heavy atom. The van der Waals surface area contributed by atoms with E-state index < -0.39 is 0 Å². The van der Waals surface area contributed by atoms with Crippen LogP contribution in [0.25, 0.3) is 0 Å². The first-order valence-electron chi connectivity index (χ1n) is 6.75. The monoisotopic (exact) mass is 295 g/mol. The molecule has 2 heteroatoms. The molecule has 0 radical (unpaired) electrons. The van der Waals surface area contributed by atoms with Crippen molar-refractivity contribution in [3.05, 3.63) is 35.9 Å². The maximum Gasteiger partial charge on any atom is 0.0273 e. The van der Waals surface area contributed by atoms with Crippen LogP contribution in [0, 0.1) is 0 Å². The van der Waals surface area contributed by atoms with Crippen molar-refractivity contribution in [2.45, 2.75) is 36.9 Å². The number of halogens is 1. The number of piperidine rings is 1. The van der Waals surface area contributed by atoms with Crippen LogP contribution in [-0.4, -0.2) is 29.4 Å². The highest BCUT2D eigenvalue weighted by Crippen LogP contribution is 2.17. The van der Waals surface area contributed by atoms with E-state index in [1.54, 1.807) is 0 Å². The lowest BCUT2D eigenvalue weighted by Gasteiger charge is -2.29. The van der Waals surface area contributed by atoms with Gasteiger partial charge in [-0.3, -0.25) is 0 Å². The topological polar surface area (TPSA) is 3.24 Å². The summed E-state index contributed by atoms with van der Waals surface area (Å²) in [4.78, 5) is 3.33. The molecule has 1 saturated heterocycles. The Kier molecular flexibility index (Phi) is 5.53. The molecule has 2 rings (SSSR count). The fraction of sp³-hybridized carbons (Fsp3) is 0.600. The highest BCUT2D eigenvalue weighted by atomic mass is 79.9. The van der Waals surface area contributed by atoms with Crippen LogP contribution in [0.4, 0.5) is 0 Å². The zero-order valence-electron chi connectivity index (χ0n) is 10.4. The predicted octanol–water partition coefficient (Wildman–Crippen LogP) is 3.87. The Hall–Kier alpha value is -0.340. The number of aryl methyl sites for hydroxylation is 1. The van der Waals surface area contributed by atoms with Gasteiger partial charge in [0.05, 0.1) is 0 Å². The van der Waals surface area contributed by atoms with Crippen LogP contribution in [0.5, 0.6) is 0 Å². The van der Waals surface area contributed by atoms with Gasteiger partial charge in [-0.15, -0.1) is 0 Å². The van der Waals surface area contributed by atoms with Gasteiger partial charge in [0.2, 0.25) is 0 Å². The quantitative estimate of drug-likeness (QED) is 0.589. The van der Waals surface area contributed by atoms with Crippen molar-refractivity contribution in [1.29, 1.82) is 0 Å². The van der Waals surface area contributed by atoms with Crippen LogP contribution in [0.1, 0.15) is 31.2 Å². The number of hydrogen-bond acceptors (Lipinski definition) is 1. The van der Waals surface area contributed by atoms with Gasteiger partial charge in [0.25, 0.3) is 0 Å². The summed E-state index contributed by atoms with van der Waals surface area (Å²) in [5.41, 5.74) is 1.48. The summed E-state index contributed by atoms with van der Waals surface area (Å²) in [7, 11) is 0. The number of benzene rings is 1. The molecule has 1 nitrogen and oxygen atoms in total. The van der Waals surface area contributed by atoms with Crippen LogP contribution >= 0.6 is 15.9 Å². The first-order chi connectivity index (χ1) is 8.34. The maximum atomic E-state index is 3.73. The zero-order chi connectivity index (χ0) is 11.9. The average Bonchev–Trinajstić information content (AvgIpc) is 2.36. The number of likely N-dealkylation sites (tertiary alicyclic amines) is 1. The summed E-state index contributed by atoms with van der Waals surface area (Å²) in [5, 5.41) is 0. The van der Waals surface area contributed by atoms with Crippen molar-refractivity contribution in [3.8, 4) is 0 Å². The molecule has 1 aliphatic rings. The summed E-state index contributed by atoms with van der Waals surface area (Å²) in [5.74, 6) is 0. The Bertz CT molecular complexity index is 312. The molecule has 17 heavy (non-hydrogen) atoms. The Labute approximate surface area is 113 Å². The van der Waals surface area contributed by atoms with Crippen molar-refractivity contribution in [2.24, 2.45) is 0 Å². The highest BCUT2D eigenvalue weighted by Gasteiger charge is 2.16. The van der Waals surface area contributed by atoms with E-state index in [1.165, 1.54) is 57.3 Å². The second-order valence-electron chi connectivity index (χ2n) is 4.98.